The number of guanidine groups is 1. The van der Waals surface area contributed by atoms with Crippen LogP contribution in [0.25, 0.3) is 0 Å². The molecule has 0 spiro atoms. The lowest BCUT2D eigenvalue weighted by Crippen LogP contribution is -2.38. The summed E-state index contributed by atoms with van der Waals surface area (Å²) >= 11 is 1.02. The lowest BCUT2D eigenvalue weighted by Gasteiger charge is -2.11. The molecule has 29 heavy (non-hydrogen) atoms. The highest BCUT2D eigenvalue weighted by Gasteiger charge is 2.33. The van der Waals surface area contributed by atoms with Gasteiger partial charge in [0.15, 0.2) is 11.7 Å². The van der Waals surface area contributed by atoms with Gasteiger partial charge < -0.3 is 15.5 Å². The lowest BCUT2D eigenvalue weighted by molar-refractivity contribution is -0.140. The molecule has 1 aromatic heterocycles. The maximum Gasteiger partial charge on any atom is 0.434 e. The first-order valence-corrected chi connectivity index (χ1v) is 9.92. The molecule has 0 aliphatic heterocycles. The second-order valence-corrected chi connectivity index (χ2v) is 7.49. The quantitative estimate of drug-likeness (QED) is 0.300. The number of hydrogen-bond donors (Lipinski definition) is 2. The van der Waals surface area contributed by atoms with Crippen molar-refractivity contribution in [2.75, 3.05) is 27.2 Å². The molecule has 0 atom stereocenters. The van der Waals surface area contributed by atoms with Gasteiger partial charge in [-0.2, -0.15) is 13.2 Å². The molecule has 162 valence electrons. The Balaban J connectivity index is 0.00000420. The first kappa shape index (κ1) is 25.6. The van der Waals surface area contributed by atoms with Crippen molar-refractivity contribution in [2.45, 2.75) is 32.6 Å². The van der Waals surface area contributed by atoms with Gasteiger partial charge in [-0.05, 0) is 32.1 Å². The van der Waals surface area contributed by atoms with E-state index < -0.39 is 11.9 Å². The van der Waals surface area contributed by atoms with Crippen molar-refractivity contribution in [3.05, 3.63) is 51.5 Å². The molecule has 2 rings (SSSR count). The smallest absolute Gasteiger partial charge is 0.357 e. The number of halogens is 4. The predicted molar refractivity (Wildman–Crippen MR) is 123 cm³/mol. The molecule has 0 radical (unpaired) electrons. The summed E-state index contributed by atoms with van der Waals surface area (Å²) in [7, 11) is 4.06. The molecule has 0 bridgehead atoms. The van der Waals surface area contributed by atoms with E-state index >= 15 is 0 Å². The zero-order chi connectivity index (χ0) is 20.6. The minimum absolute atomic E-state index is 0. The van der Waals surface area contributed by atoms with E-state index in [0.717, 1.165) is 28.8 Å². The Kier molecular flexibility index (Phi) is 10.9. The molecule has 0 saturated heterocycles. The molecule has 0 aliphatic carbocycles. The van der Waals surface area contributed by atoms with Gasteiger partial charge in [0.1, 0.15) is 0 Å². The van der Waals surface area contributed by atoms with E-state index in [1.165, 1.54) is 5.56 Å². The average Bonchev–Trinajstić information content (AvgIpc) is 3.10. The molecule has 0 saturated carbocycles. The fourth-order valence-electron chi connectivity index (χ4n) is 2.47. The predicted octanol–water partition coefficient (Wildman–Crippen LogP) is 4.14. The molecule has 0 fully saturated rings. The summed E-state index contributed by atoms with van der Waals surface area (Å²) in [5, 5.41) is 7.79. The first-order chi connectivity index (χ1) is 13.3. The van der Waals surface area contributed by atoms with Gasteiger partial charge in [0, 0.05) is 31.4 Å². The minimum Gasteiger partial charge on any atom is -0.357 e. The van der Waals surface area contributed by atoms with Gasteiger partial charge in [0.2, 0.25) is 0 Å². The molecule has 5 nitrogen and oxygen atoms in total. The minimum atomic E-state index is -4.39. The average molecular weight is 541 g/mol. The number of thiazole rings is 1. The molecule has 0 amide bonds. The van der Waals surface area contributed by atoms with Crippen LogP contribution in [-0.4, -0.2) is 43.0 Å². The number of nitrogens with one attached hydrogen (secondary N) is 2. The highest BCUT2D eigenvalue weighted by atomic mass is 127. The number of rotatable bonds is 8. The standard InChI is InChI=1S/C19H26F3N5S.HI/c1-4-23-18(24-10-9-17-26-16(13-28-17)19(20,21)22)25-11-14-5-7-15(8-6-14)12-27(2)3;/h5-8,13H,4,9-12H2,1-3H3,(H2,23,24,25);1H. The molecule has 2 N–H and O–H groups in total. The number of nitrogens with zero attached hydrogens (tertiary/aromatic N) is 3. The van der Waals surface area contributed by atoms with Crippen LogP contribution in [0.1, 0.15) is 28.8 Å². The van der Waals surface area contributed by atoms with Crippen LogP contribution in [0.2, 0.25) is 0 Å². The SMILES string of the molecule is CCNC(=NCc1ccc(CN(C)C)cc1)NCCc1nc(C(F)(F)F)cs1.I. The van der Waals surface area contributed by atoms with Gasteiger partial charge in [-0.15, -0.1) is 35.3 Å². The number of aliphatic imine (C=N–C) groups is 1. The van der Waals surface area contributed by atoms with Crippen LogP contribution in [0.4, 0.5) is 13.2 Å². The summed E-state index contributed by atoms with van der Waals surface area (Å²) in [6.45, 7) is 4.53. The largest absolute Gasteiger partial charge is 0.434 e. The van der Waals surface area contributed by atoms with Crippen molar-refractivity contribution < 1.29 is 13.2 Å². The third-order valence-electron chi connectivity index (χ3n) is 3.76. The van der Waals surface area contributed by atoms with E-state index in [1.54, 1.807) is 0 Å². The van der Waals surface area contributed by atoms with Crippen molar-refractivity contribution in [3.63, 3.8) is 0 Å². The fourth-order valence-corrected chi connectivity index (χ4v) is 3.28. The maximum absolute atomic E-state index is 12.6. The third kappa shape index (κ3) is 9.30. The van der Waals surface area contributed by atoms with E-state index in [4.69, 9.17) is 0 Å². The van der Waals surface area contributed by atoms with Crippen LogP contribution in [0.5, 0.6) is 0 Å². The van der Waals surface area contributed by atoms with Crippen molar-refractivity contribution >= 4 is 41.3 Å². The lowest BCUT2D eigenvalue weighted by atomic mass is 10.1. The van der Waals surface area contributed by atoms with Crippen LogP contribution in [0.15, 0.2) is 34.6 Å². The van der Waals surface area contributed by atoms with Crippen molar-refractivity contribution in [1.82, 2.24) is 20.5 Å². The van der Waals surface area contributed by atoms with Crippen molar-refractivity contribution in [1.29, 1.82) is 0 Å². The van der Waals surface area contributed by atoms with Crippen molar-refractivity contribution in [3.8, 4) is 0 Å². The molecule has 2 aromatic rings. The van der Waals surface area contributed by atoms with Gasteiger partial charge >= 0.3 is 6.18 Å². The number of hydrogen-bond acceptors (Lipinski definition) is 4. The third-order valence-corrected chi connectivity index (χ3v) is 4.67. The number of alkyl halides is 3. The maximum atomic E-state index is 12.6. The first-order valence-electron chi connectivity index (χ1n) is 9.04. The molecule has 0 aliphatic rings. The summed E-state index contributed by atoms with van der Waals surface area (Å²) in [4.78, 5) is 10.3. The molecule has 0 unspecified atom stereocenters. The van der Waals surface area contributed by atoms with Crippen LogP contribution in [-0.2, 0) is 25.7 Å². The fraction of sp³-hybridized carbons (Fsp3) is 0.474. The number of benzene rings is 1. The second-order valence-electron chi connectivity index (χ2n) is 6.55. The van der Waals surface area contributed by atoms with Crippen LogP contribution in [0.3, 0.4) is 0 Å². The Morgan fingerprint density at radius 1 is 1.14 bits per heavy atom. The van der Waals surface area contributed by atoms with Gasteiger partial charge in [0.05, 0.1) is 11.6 Å². The Bertz CT molecular complexity index is 760. The second kappa shape index (κ2) is 12.3. The van der Waals surface area contributed by atoms with Crippen LogP contribution < -0.4 is 10.6 Å². The number of aromatic nitrogens is 1. The molecule has 1 aromatic carbocycles. The van der Waals surface area contributed by atoms with Gasteiger partial charge in [-0.25, -0.2) is 9.98 Å². The van der Waals surface area contributed by atoms with Crippen molar-refractivity contribution in [2.24, 2.45) is 4.99 Å². The normalized spacial score (nSPS) is 12.0. The van der Waals surface area contributed by atoms with Crippen LogP contribution in [0, 0.1) is 0 Å². The van der Waals surface area contributed by atoms with Gasteiger partial charge in [-0.3, -0.25) is 0 Å². The van der Waals surface area contributed by atoms with E-state index in [-0.39, 0.29) is 24.0 Å². The van der Waals surface area contributed by atoms with E-state index in [9.17, 15) is 13.2 Å². The Hall–Kier alpha value is -1.40. The Morgan fingerprint density at radius 2 is 1.79 bits per heavy atom. The molecule has 10 heteroatoms. The Morgan fingerprint density at radius 3 is 2.34 bits per heavy atom. The van der Waals surface area contributed by atoms with Crippen LogP contribution >= 0.6 is 35.3 Å². The monoisotopic (exact) mass is 541 g/mol. The summed E-state index contributed by atoms with van der Waals surface area (Å²) < 4.78 is 37.8. The molecular weight excluding hydrogens is 514 g/mol. The summed E-state index contributed by atoms with van der Waals surface area (Å²) in [5.41, 5.74) is 1.50. The zero-order valence-corrected chi connectivity index (χ0v) is 19.9. The summed E-state index contributed by atoms with van der Waals surface area (Å²) in [5.74, 6) is 0.632. The van der Waals surface area contributed by atoms with Gasteiger partial charge in [0.25, 0.3) is 0 Å². The Labute approximate surface area is 190 Å². The highest BCUT2D eigenvalue weighted by Crippen LogP contribution is 2.29. The van der Waals surface area contributed by atoms with E-state index in [0.29, 0.717) is 37.0 Å². The molecule has 1 heterocycles. The summed E-state index contributed by atoms with van der Waals surface area (Å²) in [6.07, 6.45) is -3.98. The van der Waals surface area contributed by atoms with E-state index in [1.807, 2.05) is 21.0 Å². The zero-order valence-electron chi connectivity index (χ0n) is 16.7. The molecular formula is C19H27F3IN5S. The van der Waals surface area contributed by atoms with Gasteiger partial charge in [-0.1, -0.05) is 24.3 Å². The van der Waals surface area contributed by atoms with E-state index in [2.05, 4.69) is 49.8 Å². The highest BCUT2D eigenvalue weighted by molar-refractivity contribution is 14.0. The topological polar surface area (TPSA) is 52.6 Å². The summed E-state index contributed by atoms with van der Waals surface area (Å²) in [6, 6.07) is 8.29.